The van der Waals surface area contributed by atoms with E-state index in [0.717, 1.165) is 33.7 Å². The van der Waals surface area contributed by atoms with Gasteiger partial charge in [-0.2, -0.15) is 4.52 Å². The molecule has 6 nitrogen and oxygen atoms in total. The topological polar surface area (TPSA) is 64.3 Å². The Morgan fingerprint density at radius 2 is 1.69 bits per heavy atom. The highest BCUT2D eigenvalue weighted by molar-refractivity contribution is 5.66. The van der Waals surface area contributed by atoms with Crippen LogP contribution >= 0.6 is 0 Å². The Morgan fingerprint density at radius 1 is 0.923 bits per heavy atom. The first kappa shape index (κ1) is 16.2. The van der Waals surface area contributed by atoms with Gasteiger partial charge in [0.25, 0.3) is 0 Å². The van der Waals surface area contributed by atoms with E-state index in [4.69, 9.17) is 4.74 Å². The lowest BCUT2D eigenvalue weighted by Crippen LogP contribution is -2.14. The van der Waals surface area contributed by atoms with E-state index in [-0.39, 0.29) is 0 Å². The van der Waals surface area contributed by atoms with Crippen LogP contribution in [0.1, 0.15) is 11.1 Å². The molecule has 0 atom stereocenters. The molecule has 2 aromatic heterocycles. The molecule has 130 valence electrons. The fourth-order valence-electron chi connectivity index (χ4n) is 3.01. The van der Waals surface area contributed by atoms with Crippen LogP contribution in [0.25, 0.3) is 16.8 Å². The molecule has 0 amide bonds. The van der Waals surface area contributed by atoms with Crippen molar-refractivity contribution in [3.8, 4) is 16.9 Å². The Morgan fingerprint density at radius 3 is 2.54 bits per heavy atom. The van der Waals surface area contributed by atoms with Crippen LogP contribution in [0.3, 0.4) is 0 Å². The molecule has 1 N–H and O–H groups in total. The van der Waals surface area contributed by atoms with Crippen molar-refractivity contribution in [2.45, 2.75) is 13.1 Å². The third kappa shape index (κ3) is 3.27. The SMILES string of the molecule is COc1ccccc1CNCc1cc(-c2ccccc2)cn2nnnc12. The number of aromatic nitrogens is 4. The van der Waals surface area contributed by atoms with Gasteiger partial charge in [0, 0.05) is 36.0 Å². The number of nitrogens with one attached hydrogen (secondary N) is 1. The highest BCUT2D eigenvalue weighted by Crippen LogP contribution is 2.22. The first-order valence-corrected chi connectivity index (χ1v) is 8.44. The lowest BCUT2D eigenvalue weighted by atomic mass is 10.1. The van der Waals surface area contributed by atoms with Crippen LogP contribution in [-0.2, 0) is 13.1 Å². The maximum Gasteiger partial charge on any atom is 0.183 e. The number of nitrogens with zero attached hydrogens (tertiary/aromatic N) is 4. The van der Waals surface area contributed by atoms with Crippen LogP contribution in [0.5, 0.6) is 5.75 Å². The number of fused-ring (bicyclic) bond motifs is 1. The summed E-state index contributed by atoms with van der Waals surface area (Å²) in [4.78, 5) is 0. The van der Waals surface area contributed by atoms with E-state index in [1.54, 1.807) is 11.6 Å². The number of para-hydroxylation sites is 1. The Bertz CT molecular complexity index is 1010. The van der Waals surface area contributed by atoms with Gasteiger partial charge in [-0.1, -0.05) is 48.5 Å². The van der Waals surface area contributed by atoms with E-state index < -0.39 is 0 Å². The predicted molar refractivity (Wildman–Crippen MR) is 99.8 cm³/mol. The summed E-state index contributed by atoms with van der Waals surface area (Å²) in [5.74, 6) is 0.882. The quantitative estimate of drug-likeness (QED) is 0.582. The number of hydrogen-bond acceptors (Lipinski definition) is 5. The second-order valence-electron chi connectivity index (χ2n) is 5.98. The molecule has 0 radical (unpaired) electrons. The van der Waals surface area contributed by atoms with Crippen LogP contribution in [0.2, 0.25) is 0 Å². The number of methoxy groups -OCH3 is 1. The van der Waals surface area contributed by atoms with E-state index in [1.807, 2.05) is 42.6 Å². The van der Waals surface area contributed by atoms with Crippen LogP contribution in [0.4, 0.5) is 0 Å². The summed E-state index contributed by atoms with van der Waals surface area (Å²) in [6.07, 6.45) is 1.95. The maximum atomic E-state index is 5.41. The van der Waals surface area contributed by atoms with Crippen LogP contribution < -0.4 is 10.1 Å². The third-order valence-electron chi connectivity index (χ3n) is 4.30. The summed E-state index contributed by atoms with van der Waals surface area (Å²) in [7, 11) is 1.69. The minimum atomic E-state index is 0.655. The van der Waals surface area contributed by atoms with Gasteiger partial charge in [0.2, 0.25) is 0 Å². The van der Waals surface area contributed by atoms with E-state index in [2.05, 4.69) is 45.1 Å². The van der Waals surface area contributed by atoms with Gasteiger partial charge in [-0.05, 0) is 28.1 Å². The number of benzene rings is 2. The van der Waals surface area contributed by atoms with Crippen molar-refractivity contribution in [2.24, 2.45) is 0 Å². The van der Waals surface area contributed by atoms with Gasteiger partial charge >= 0.3 is 0 Å². The van der Waals surface area contributed by atoms with E-state index in [0.29, 0.717) is 13.1 Å². The third-order valence-corrected chi connectivity index (χ3v) is 4.30. The van der Waals surface area contributed by atoms with Gasteiger partial charge in [0.05, 0.1) is 7.11 Å². The molecular weight excluding hydrogens is 326 g/mol. The zero-order valence-electron chi connectivity index (χ0n) is 14.5. The van der Waals surface area contributed by atoms with E-state index in [9.17, 15) is 0 Å². The summed E-state index contributed by atoms with van der Waals surface area (Å²) in [6.45, 7) is 1.36. The molecule has 6 heteroatoms. The number of rotatable bonds is 6. The Kier molecular flexibility index (Phi) is 4.57. The molecule has 4 rings (SSSR count). The Hall–Kier alpha value is -3.25. The van der Waals surface area contributed by atoms with Crippen molar-refractivity contribution < 1.29 is 4.74 Å². The largest absolute Gasteiger partial charge is 0.496 e. The molecule has 0 saturated carbocycles. The van der Waals surface area contributed by atoms with Crippen molar-refractivity contribution in [2.75, 3.05) is 7.11 Å². The predicted octanol–water partition coefficient (Wildman–Crippen LogP) is 3.09. The average molecular weight is 345 g/mol. The van der Waals surface area contributed by atoms with E-state index >= 15 is 0 Å². The number of pyridine rings is 1. The van der Waals surface area contributed by atoms with Crippen LogP contribution in [0, 0.1) is 0 Å². The van der Waals surface area contributed by atoms with Crippen molar-refractivity contribution in [3.63, 3.8) is 0 Å². The Labute approximate surface area is 151 Å². The first-order chi connectivity index (χ1) is 12.8. The molecule has 4 aromatic rings. The smallest absolute Gasteiger partial charge is 0.183 e. The standard InChI is InChI=1S/C20H19N5O/c1-26-19-10-6-5-9-16(19)12-21-13-17-11-18(15-7-3-2-4-8-15)14-25-20(17)22-23-24-25/h2-11,14,21H,12-13H2,1H3. The highest BCUT2D eigenvalue weighted by Gasteiger charge is 2.09. The molecular formula is C20H19N5O. The molecule has 0 fully saturated rings. The zero-order valence-corrected chi connectivity index (χ0v) is 14.5. The average Bonchev–Trinajstić information content (AvgIpc) is 3.18. The van der Waals surface area contributed by atoms with Crippen molar-refractivity contribution in [1.29, 1.82) is 0 Å². The summed E-state index contributed by atoms with van der Waals surface area (Å²) >= 11 is 0. The second-order valence-corrected chi connectivity index (χ2v) is 5.98. The minimum absolute atomic E-state index is 0.655. The van der Waals surface area contributed by atoms with Crippen molar-refractivity contribution in [1.82, 2.24) is 25.4 Å². The lowest BCUT2D eigenvalue weighted by molar-refractivity contribution is 0.407. The first-order valence-electron chi connectivity index (χ1n) is 8.44. The zero-order chi connectivity index (χ0) is 17.8. The Balaban J connectivity index is 1.59. The van der Waals surface area contributed by atoms with Gasteiger partial charge < -0.3 is 10.1 Å². The van der Waals surface area contributed by atoms with Gasteiger partial charge in [-0.3, -0.25) is 0 Å². The summed E-state index contributed by atoms with van der Waals surface area (Å²) in [5.41, 5.74) is 5.14. The highest BCUT2D eigenvalue weighted by atomic mass is 16.5. The fraction of sp³-hybridized carbons (Fsp3) is 0.150. The minimum Gasteiger partial charge on any atom is -0.496 e. The monoisotopic (exact) mass is 345 g/mol. The molecule has 0 bridgehead atoms. The summed E-state index contributed by atoms with van der Waals surface area (Å²) in [6, 6.07) is 20.4. The molecule has 0 spiro atoms. The molecule has 0 aliphatic carbocycles. The number of hydrogen-bond donors (Lipinski definition) is 1. The fourth-order valence-corrected chi connectivity index (χ4v) is 3.01. The van der Waals surface area contributed by atoms with Gasteiger partial charge in [-0.25, -0.2) is 0 Å². The lowest BCUT2D eigenvalue weighted by Gasteiger charge is -2.11. The molecule has 0 unspecified atom stereocenters. The van der Waals surface area contributed by atoms with Gasteiger partial charge in [0.15, 0.2) is 5.65 Å². The van der Waals surface area contributed by atoms with Crippen molar-refractivity contribution in [3.05, 3.63) is 78.0 Å². The van der Waals surface area contributed by atoms with Gasteiger partial charge in [0.1, 0.15) is 5.75 Å². The molecule has 26 heavy (non-hydrogen) atoms. The molecule has 0 saturated heterocycles. The summed E-state index contributed by atoms with van der Waals surface area (Å²) < 4.78 is 7.13. The summed E-state index contributed by atoms with van der Waals surface area (Å²) in [5, 5.41) is 15.5. The molecule has 2 heterocycles. The van der Waals surface area contributed by atoms with Crippen LogP contribution in [-0.4, -0.2) is 27.2 Å². The number of ether oxygens (including phenoxy) is 1. The number of tetrazole rings is 1. The van der Waals surface area contributed by atoms with Crippen molar-refractivity contribution >= 4 is 5.65 Å². The molecule has 0 aliphatic rings. The van der Waals surface area contributed by atoms with Gasteiger partial charge in [-0.15, -0.1) is 5.10 Å². The second kappa shape index (κ2) is 7.33. The van der Waals surface area contributed by atoms with E-state index in [1.165, 1.54) is 0 Å². The normalized spacial score (nSPS) is 11.0. The van der Waals surface area contributed by atoms with Crippen LogP contribution in [0.15, 0.2) is 66.9 Å². The maximum absolute atomic E-state index is 5.41. The molecule has 0 aliphatic heterocycles. The molecule has 2 aromatic carbocycles.